The third kappa shape index (κ3) is 3.64. The fraction of sp³-hybridized carbons (Fsp3) is 0.962. The molecule has 0 bridgehead atoms. The molecule has 0 aliphatic heterocycles. The predicted molar refractivity (Wildman–Crippen MR) is 118 cm³/mol. The SMILES string of the molecule is CC(=O)O[C@@H]1C[C@@H]2C[C@H](O)CC[C@]2(C)[C@H]2CC[C@]3(C)[C@@H]([C@H](C)CCCO)CC[C@H]3[C@H]12. The summed E-state index contributed by atoms with van der Waals surface area (Å²) in [5.41, 5.74) is 0.605. The van der Waals surface area contributed by atoms with Crippen LogP contribution in [0, 0.1) is 46.3 Å². The van der Waals surface area contributed by atoms with Crippen LogP contribution < -0.4 is 0 Å². The van der Waals surface area contributed by atoms with Gasteiger partial charge in [0.25, 0.3) is 0 Å². The van der Waals surface area contributed by atoms with E-state index >= 15 is 0 Å². The summed E-state index contributed by atoms with van der Waals surface area (Å²) in [5, 5.41) is 19.7. The lowest BCUT2D eigenvalue weighted by molar-refractivity contribution is -0.194. The van der Waals surface area contributed by atoms with Crippen LogP contribution in [0.3, 0.4) is 0 Å². The minimum atomic E-state index is -0.185. The van der Waals surface area contributed by atoms with Crippen LogP contribution in [0.2, 0.25) is 0 Å². The topological polar surface area (TPSA) is 66.8 Å². The van der Waals surface area contributed by atoms with Gasteiger partial charge in [-0.05, 0) is 105 Å². The molecule has 4 heteroatoms. The minimum absolute atomic E-state index is 0.0204. The lowest BCUT2D eigenvalue weighted by Crippen LogP contribution is -2.59. The lowest BCUT2D eigenvalue weighted by atomic mass is 9.43. The number of esters is 1. The van der Waals surface area contributed by atoms with Gasteiger partial charge in [-0.25, -0.2) is 0 Å². The maximum atomic E-state index is 12.1. The number of hydrogen-bond acceptors (Lipinski definition) is 4. The van der Waals surface area contributed by atoms with Crippen LogP contribution in [0.5, 0.6) is 0 Å². The zero-order chi connectivity index (χ0) is 21.7. The van der Waals surface area contributed by atoms with Crippen molar-refractivity contribution in [3.05, 3.63) is 0 Å². The Balaban J connectivity index is 1.63. The summed E-state index contributed by atoms with van der Waals surface area (Å²) in [5.74, 6) is 3.40. The Morgan fingerprint density at radius 2 is 1.77 bits per heavy atom. The van der Waals surface area contributed by atoms with E-state index in [-0.39, 0.29) is 23.6 Å². The molecule has 0 aromatic heterocycles. The van der Waals surface area contributed by atoms with Gasteiger partial charge in [0, 0.05) is 19.4 Å². The maximum Gasteiger partial charge on any atom is 0.302 e. The molecule has 0 radical (unpaired) electrons. The molecule has 0 aromatic carbocycles. The molecule has 4 nitrogen and oxygen atoms in total. The van der Waals surface area contributed by atoms with Gasteiger partial charge in [-0.3, -0.25) is 4.79 Å². The standard InChI is InChI=1S/C26H44O4/c1-16(6-5-13-27)20-7-8-21-24-22(10-12-26(20,21)4)25(3)11-9-19(29)14-18(25)15-23(24)30-17(2)28/h16,18-24,27,29H,5-15H2,1-4H3/t16-,18+,19-,20-,21+,22+,23-,24+,25+,26-/m1/s1. The fourth-order valence-corrected chi connectivity index (χ4v) is 9.10. The number of hydrogen-bond donors (Lipinski definition) is 2. The van der Waals surface area contributed by atoms with E-state index in [1.54, 1.807) is 6.92 Å². The van der Waals surface area contributed by atoms with Crippen LogP contribution in [-0.4, -0.2) is 35.0 Å². The maximum absolute atomic E-state index is 12.1. The summed E-state index contributed by atoms with van der Waals surface area (Å²) in [4.78, 5) is 12.1. The van der Waals surface area contributed by atoms with Crippen LogP contribution in [0.15, 0.2) is 0 Å². The number of fused-ring (bicyclic) bond motifs is 5. The molecule has 0 amide bonds. The monoisotopic (exact) mass is 420 g/mol. The van der Waals surface area contributed by atoms with Crippen LogP contribution in [0.25, 0.3) is 0 Å². The number of ether oxygens (including phenoxy) is 1. The first kappa shape index (κ1) is 22.6. The average Bonchev–Trinajstić information content (AvgIpc) is 3.04. The first-order chi connectivity index (χ1) is 14.2. The smallest absolute Gasteiger partial charge is 0.302 e. The summed E-state index contributed by atoms with van der Waals surface area (Å²) < 4.78 is 6.05. The van der Waals surface area contributed by atoms with Crippen LogP contribution in [-0.2, 0) is 9.53 Å². The van der Waals surface area contributed by atoms with Crippen molar-refractivity contribution in [1.29, 1.82) is 0 Å². The van der Waals surface area contributed by atoms with Crippen LogP contribution in [0.4, 0.5) is 0 Å². The van der Waals surface area contributed by atoms with Gasteiger partial charge >= 0.3 is 5.97 Å². The first-order valence-electron chi connectivity index (χ1n) is 12.7. The molecule has 4 rings (SSSR count). The van der Waals surface area contributed by atoms with Crippen molar-refractivity contribution >= 4 is 5.97 Å². The third-order valence-corrected chi connectivity index (χ3v) is 10.5. The van der Waals surface area contributed by atoms with E-state index in [9.17, 15) is 15.0 Å². The molecule has 30 heavy (non-hydrogen) atoms. The highest BCUT2D eigenvalue weighted by Gasteiger charge is 2.63. The molecule has 0 saturated heterocycles. The zero-order valence-corrected chi connectivity index (χ0v) is 19.6. The quantitative estimate of drug-likeness (QED) is 0.617. The Bertz CT molecular complexity index is 635. The summed E-state index contributed by atoms with van der Waals surface area (Å²) >= 11 is 0. The Morgan fingerprint density at radius 3 is 2.47 bits per heavy atom. The Kier molecular flexibility index (Phi) is 6.31. The summed E-state index contributed by atoms with van der Waals surface area (Å²) in [7, 11) is 0. The van der Waals surface area contributed by atoms with Crippen molar-refractivity contribution < 1.29 is 19.7 Å². The van der Waals surface area contributed by atoms with E-state index in [0.29, 0.717) is 47.5 Å². The van der Waals surface area contributed by atoms with Crippen LogP contribution >= 0.6 is 0 Å². The highest BCUT2D eigenvalue weighted by Crippen LogP contribution is 2.68. The molecule has 4 fully saturated rings. The second-order valence-corrected chi connectivity index (χ2v) is 11.9. The second kappa shape index (κ2) is 8.39. The predicted octanol–water partition coefficient (Wildman–Crippen LogP) is 4.96. The number of aliphatic hydroxyl groups is 2. The normalized spacial score (nSPS) is 48.9. The number of aliphatic hydroxyl groups excluding tert-OH is 2. The van der Waals surface area contributed by atoms with Crippen molar-refractivity contribution in [3.63, 3.8) is 0 Å². The molecule has 172 valence electrons. The molecule has 4 saturated carbocycles. The van der Waals surface area contributed by atoms with Crippen LogP contribution in [0.1, 0.15) is 91.9 Å². The highest BCUT2D eigenvalue weighted by atomic mass is 16.5. The van der Waals surface area contributed by atoms with Crippen molar-refractivity contribution in [2.45, 2.75) is 104 Å². The van der Waals surface area contributed by atoms with Gasteiger partial charge in [0.15, 0.2) is 0 Å². The van der Waals surface area contributed by atoms with E-state index in [1.165, 1.54) is 25.7 Å². The molecule has 0 unspecified atom stereocenters. The zero-order valence-electron chi connectivity index (χ0n) is 19.6. The van der Waals surface area contributed by atoms with E-state index < -0.39 is 0 Å². The van der Waals surface area contributed by atoms with Crippen molar-refractivity contribution in [1.82, 2.24) is 0 Å². The highest BCUT2D eigenvalue weighted by molar-refractivity contribution is 5.66. The summed E-state index contributed by atoms with van der Waals surface area (Å²) in [6, 6.07) is 0. The summed E-state index contributed by atoms with van der Waals surface area (Å²) in [6.07, 6.45) is 10.8. The molecule has 4 aliphatic rings. The van der Waals surface area contributed by atoms with Gasteiger partial charge < -0.3 is 14.9 Å². The number of carbonyl (C=O) groups is 1. The molecule has 4 aliphatic carbocycles. The van der Waals surface area contributed by atoms with Gasteiger partial charge in [-0.15, -0.1) is 0 Å². The van der Waals surface area contributed by atoms with Gasteiger partial charge in [0.1, 0.15) is 6.10 Å². The lowest BCUT2D eigenvalue weighted by Gasteiger charge is -2.62. The molecular weight excluding hydrogens is 376 g/mol. The fourth-order valence-electron chi connectivity index (χ4n) is 9.10. The van der Waals surface area contributed by atoms with Crippen molar-refractivity contribution in [3.8, 4) is 0 Å². The molecular formula is C26H44O4. The Hall–Kier alpha value is -0.610. The largest absolute Gasteiger partial charge is 0.462 e. The average molecular weight is 421 g/mol. The van der Waals surface area contributed by atoms with E-state index in [2.05, 4.69) is 20.8 Å². The van der Waals surface area contributed by atoms with Gasteiger partial charge in [0.05, 0.1) is 6.10 Å². The molecule has 10 atom stereocenters. The third-order valence-electron chi connectivity index (χ3n) is 10.5. The summed E-state index contributed by atoms with van der Waals surface area (Å²) in [6.45, 7) is 9.27. The van der Waals surface area contributed by atoms with E-state index in [4.69, 9.17) is 4.74 Å². The molecule has 0 heterocycles. The molecule has 0 spiro atoms. The number of carbonyl (C=O) groups excluding carboxylic acids is 1. The first-order valence-corrected chi connectivity index (χ1v) is 12.7. The Morgan fingerprint density at radius 1 is 1.07 bits per heavy atom. The van der Waals surface area contributed by atoms with E-state index in [1.807, 2.05) is 0 Å². The van der Waals surface area contributed by atoms with E-state index in [0.717, 1.165) is 38.5 Å². The Labute approximate surface area is 183 Å². The second-order valence-electron chi connectivity index (χ2n) is 11.9. The van der Waals surface area contributed by atoms with Crippen molar-refractivity contribution in [2.24, 2.45) is 46.3 Å². The van der Waals surface area contributed by atoms with Gasteiger partial charge in [-0.2, -0.15) is 0 Å². The molecule has 0 aromatic rings. The minimum Gasteiger partial charge on any atom is -0.462 e. The van der Waals surface area contributed by atoms with Gasteiger partial charge in [0.2, 0.25) is 0 Å². The molecule has 2 N–H and O–H groups in total. The number of rotatable bonds is 5. The van der Waals surface area contributed by atoms with Crippen molar-refractivity contribution in [2.75, 3.05) is 6.61 Å². The van der Waals surface area contributed by atoms with Gasteiger partial charge in [-0.1, -0.05) is 20.8 Å².